The number of piperidine rings is 1. The Bertz CT molecular complexity index is 1110. The van der Waals surface area contributed by atoms with E-state index in [4.69, 9.17) is 5.10 Å². The lowest BCUT2D eigenvalue weighted by Gasteiger charge is -2.36. The van der Waals surface area contributed by atoms with E-state index < -0.39 is 0 Å². The van der Waals surface area contributed by atoms with E-state index in [-0.39, 0.29) is 11.9 Å². The van der Waals surface area contributed by atoms with Gasteiger partial charge in [-0.25, -0.2) is 4.39 Å². The number of halogens is 2. The van der Waals surface area contributed by atoms with Crippen LogP contribution in [0.1, 0.15) is 61.3 Å². The number of nitrogens with zero attached hydrogens (tertiary/aromatic N) is 3. The molecule has 5 rings (SSSR count). The van der Waals surface area contributed by atoms with Gasteiger partial charge in [0.2, 0.25) is 0 Å². The summed E-state index contributed by atoms with van der Waals surface area (Å²) in [6.07, 6.45) is 6.67. The first-order chi connectivity index (χ1) is 16.5. The van der Waals surface area contributed by atoms with Crippen molar-refractivity contribution in [2.75, 3.05) is 23.3 Å². The number of anilines is 2. The van der Waals surface area contributed by atoms with Crippen LogP contribution in [-0.2, 0) is 13.6 Å². The van der Waals surface area contributed by atoms with Gasteiger partial charge in [0.15, 0.2) is 5.82 Å². The number of para-hydroxylation sites is 1. The molecule has 1 saturated heterocycles. The number of aromatic nitrogens is 2. The van der Waals surface area contributed by atoms with Crippen molar-refractivity contribution in [1.82, 2.24) is 15.1 Å². The summed E-state index contributed by atoms with van der Waals surface area (Å²) in [6, 6.07) is 14.5. The number of nitrogens with one attached hydrogen (secondary N) is 2. The maximum absolute atomic E-state index is 14.4. The minimum absolute atomic E-state index is 0.163. The summed E-state index contributed by atoms with van der Waals surface area (Å²) in [4.78, 5) is 2.15. The van der Waals surface area contributed by atoms with Gasteiger partial charge >= 0.3 is 0 Å². The fourth-order valence-corrected chi connectivity index (χ4v) is 5.72. The Morgan fingerprint density at radius 1 is 1.09 bits per heavy atom. The van der Waals surface area contributed by atoms with Crippen LogP contribution in [0.3, 0.4) is 0 Å². The molecular formula is C27H33BrFN5. The van der Waals surface area contributed by atoms with Crippen LogP contribution in [0.4, 0.5) is 15.9 Å². The topological polar surface area (TPSA) is 45.1 Å². The first-order valence-corrected chi connectivity index (χ1v) is 13.1. The normalized spacial score (nSPS) is 17.7. The summed E-state index contributed by atoms with van der Waals surface area (Å²) >= 11 is 3.51. The summed E-state index contributed by atoms with van der Waals surface area (Å²) < 4.78 is 17.1. The van der Waals surface area contributed by atoms with Crippen LogP contribution in [0.2, 0.25) is 0 Å². The fourth-order valence-electron chi connectivity index (χ4n) is 5.13. The zero-order valence-corrected chi connectivity index (χ0v) is 21.5. The van der Waals surface area contributed by atoms with Gasteiger partial charge in [0, 0.05) is 55.0 Å². The van der Waals surface area contributed by atoms with Gasteiger partial charge in [-0.1, -0.05) is 30.3 Å². The summed E-state index contributed by atoms with van der Waals surface area (Å²) in [5.41, 5.74) is 4.71. The van der Waals surface area contributed by atoms with Crippen LogP contribution >= 0.6 is 15.9 Å². The van der Waals surface area contributed by atoms with Crippen molar-refractivity contribution in [1.29, 1.82) is 0 Å². The lowest BCUT2D eigenvalue weighted by atomic mass is 10.0. The third kappa shape index (κ3) is 5.15. The van der Waals surface area contributed by atoms with Gasteiger partial charge in [-0.15, -0.1) is 0 Å². The van der Waals surface area contributed by atoms with Crippen LogP contribution in [0.25, 0.3) is 0 Å². The van der Waals surface area contributed by atoms with E-state index in [2.05, 4.69) is 68.8 Å². The zero-order chi connectivity index (χ0) is 23.7. The SMILES string of the molecule is CC(NC1CCN(c2c(F)cccc2Br)CC1)c1cn(C)nc1NCc1ccccc1C1CC1. The predicted molar refractivity (Wildman–Crippen MR) is 140 cm³/mol. The van der Waals surface area contributed by atoms with E-state index in [0.717, 1.165) is 48.7 Å². The van der Waals surface area contributed by atoms with Crippen LogP contribution in [-0.4, -0.2) is 28.9 Å². The largest absolute Gasteiger partial charge is 0.368 e. The van der Waals surface area contributed by atoms with E-state index in [9.17, 15) is 4.39 Å². The molecule has 2 aliphatic rings. The molecule has 1 aliphatic heterocycles. The maximum Gasteiger partial charge on any atom is 0.153 e. The highest BCUT2D eigenvalue weighted by Crippen LogP contribution is 2.41. The van der Waals surface area contributed by atoms with Crippen molar-refractivity contribution in [2.45, 2.75) is 57.2 Å². The highest BCUT2D eigenvalue weighted by molar-refractivity contribution is 9.10. The summed E-state index contributed by atoms with van der Waals surface area (Å²) in [5, 5.41) is 12.1. The Hall–Kier alpha value is -2.38. The number of hydrogen-bond acceptors (Lipinski definition) is 4. The molecule has 2 heterocycles. The fraction of sp³-hybridized carbons (Fsp3) is 0.444. The second-order valence-electron chi connectivity index (χ2n) is 9.65. The van der Waals surface area contributed by atoms with E-state index in [1.807, 2.05) is 17.8 Å². The quantitative estimate of drug-likeness (QED) is 0.371. The van der Waals surface area contributed by atoms with Crippen LogP contribution in [0.15, 0.2) is 53.1 Å². The molecule has 2 fully saturated rings. The molecule has 0 spiro atoms. The molecule has 0 bridgehead atoms. The Balaban J connectivity index is 1.20. The first-order valence-electron chi connectivity index (χ1n) is 12.3. The van der Waals surface area contributed by atoms with Crippen LogP contribution in [0.5, 0.6) is 0 Å². The Kier molecular flexibility index (Phi) is 6.93. The van der Waals surface area contributed by atoms with Gasteiger partial charge in [0.05, 0.1) is 5.69 Å². The molecule has 5 nitrogen and oxygen atoms in total. The van der Waals surface area contributed by atoms with E-state index in [1.54, 1.807) is 6.07 Å². The van der Waals surface area contributed by atoms with Gasteiger partial charge in [0.25, 0.3) is 0 Å². The molecule has 2 N–H and O–H groups in total. The van der Waals surface area contributed by atoms with Crippen molar-refractivity contribution < 1.29 is 4.39 Å². The van der Waals surface area contributed by atoms with E-state index in [1.165, 1.54) is 35.6 Å². The summed E-state index contributed by atoms with van der Waals surface area (Å²) in [6.45, 7) is 4.67. The maximum atomic E-state index is 14.4. The van der Waals surface area contributed by atoms with Crippen molar-refractivity contribution in [3.05, 3.63) is 75.6 Å². The van der Waals surface area contributed by atoms with Crippen LogP contribution < -0.4 is 15.5 Å². The first kappa shape index (κ1) is 23.4. The van der Waals surface area contributed by atoms with Crippen molar-refractivity contribution in [3.63, 3.8) is 0 Å². The molecule has 1 aliphatic carbocycles. The molecule has 1 unspecified atom stereocenters. The predicted octanol–water partition coefficient (Wildman–Crippen LogP) is 6.13. The third-order valence-corrected chi connectivity index (χ3v) is 7.72. The third-order valence-electron chi connectivity index (χ3n) is 7.08. The highest BCUT2D eigenvalue weighted by Gasteiger charge is 2.27. The van der Waals surface area contributed by atoms with Crippen molar-refractivity contribution in [2.24, 2.45) is 7.05 Å². The number of hydrogen-bond donors (Lipinski definition) is 2. The molecule has 1 aromatic heterocycles. The molecule has 7 heteroatoms. The highest BCUT2D eigenvalue weighted by atomic mass is 79.9. The van der Waals surface area contributed by atoms with Gasteiger partial charge < -0.3 is 15.5 Å². The number of rotatable bonds is 8. The van der Waals surface area contributed by atoms with Crippen molar-refractivity contribution in [3.8, 4) is 0 Å². The summed E-state index contributed by atoms with van der Waals surface area (Å²) in [5.74, 6) is 1.52. The second-order valence-corrected chi connectivity index (χ2v) is 10.5. The van der Waals surface area contributed by atoms with Crippen LogP contribution in [0, 0.1) is 5.82 Å². The summed E-state index contributed by atoms with van der Waals surface area (Å²) in [7, 11) is 1.98. The van der Waals surface area contributed by atoms with E-state index >= 15 is 0 Å². The lowest BCUT2D eigenvalue weighted by Crippen LogP contribution is -2.43. The Morgan fingerprint density at radius 3 is 2.59 bits per heavy atom. The molecule has 0 amide bonds. The average molecular weight is 526 g/mol. The van der Waals surface area contributed by atoms with Gasteiger partial charge in [-0.3, -0.25) is 4.68 Å². The molecule has 3 aromatic rings. The molecule has 1 saturated carbocycles. The number of benzene rings is 2. The minimum Gasteiger partial charge on any atom is -0.368 e. The monoisotopic (exact) mass is 525 g/mol. The Morgan fingerprint density at radius 2 is 1.85 bits per heavy atom. The zero-order valence-electron chi connectivity index (χ0n) is 19.9. The molecule has 180 valence electrons. The molecular weight excluding hydrogens is 493 g/mol. The molecule has 34 heavy (non-hydrogen) atoms. The smallest absolute Gasteiger partial charge is 0.153 e. The second kappa shape index (κ2) is 10.1. The molecule has 2 aromatic carbocycles. The standard InChI is InChI=1S/C27H33BrFN5/c1-18(31-21-12-14-34(15-13-21)26-24(28)8-5-9-25(26)29)23-17-33(2)32-27(23)30-16-20-6-3-4-7-22(20)19-10-11-19/h3-9,17-19,21,31H,10-16H2,1-2H3,(H,30,32). The van der Waals surface area contributed by atoms with Crippen molar-refractivity contribution >= 4 is 27.4 Å². The molecule has 1 atom stereocenters. The van der Waals surface area contributed by atoms with Gasteiger partial charge in [0.1, 0.15) is 5.82 Å². The number of aryl methyl sites for hydroxylation is 1. The average Bonchev–Trinajstić information content (AvgIpc) is 3.60. The van der Waals surface area contributed by atoms with Gasteiger partial charge in [-0.05, 0) is 77.7 Å². The molecule has 0 radical (unpaired) electrons. The minimum atomic E-state index is -0.163. The van der Waals surface area contributed by atoms with Gasteiger partial charge in [-0.2, -0.15) is 5.10 Å². The lowest BCUT2D eigenvalue weighted by molar-refractivity contribution is 0.379. The van der Waals surface area contributed by atoms with E-state index in [0.29, 0.717) is 11.7 Å². The Labute approximate surface area is 209 Å².